The summed E-state index contributed by atoms with van der Waals surface area (Å²) in [6.07, 6.45) is 0. The molecule has 12 aromatic carbocycles. The Hall–Kier alpha value is -9.38. The molecule has 0 saturated carbocycles. The van der Waals surface area contributed by atoms with E-state index in [1.165, 1.54) is 65.2 Å². The maximum Gasteiger partial charge on any atom is 0.0542 e. The van der Waals surface area contributed by atoms with Gasteiger partial charge in [-0.15, -0.1) is 0 Å². The van der Waals surface area contributed by atoms with E-state index < -0.39 is 0 Å². The Morgan fingerprint density at radius 2 is 0.529 bits per heavy atom. The number of benzene rings is 12. The van der Waals surface area contributed by atoms with Gasteiger partial charge < -0.3 is 18.9 Å². The van der Waals surface area contributed by atoms with E-state index in [-0.39, 0.29) is 0 Å². The molecule has 0 saturated heterocycles. The Morgan fingerprint density at radius 1 is 0.214 bits per heavy atom. The maximum absolute atomic E-state index is 2.48. The number of hydrogen-bond acceptors (Lipinski definition) is 2. The van der Waals surface area contributed by atoms with Crippen molar-refractivity contribution in [3.63, 3.8) is 0 Å². The van der Waals surface area contributed by atoms with E-state index >= 15 is 0 Å². The van der Waals surface area contributed by atoms with E-state index in [1.807, 2.05) is 0 Å². The van der Waals surface area contributed by atoms with Crippen molar-refractivity contribution in [3.8, 4) is 11.4 Å². The molecule has 0 radical (unpaired) electrons. The van der Waals surface area contributed by atoms with Crippen LogP contribution in [0.15, 0.2) is 267 Å². The molecule has 2 aromatic heterocycles. The first-order chi connectivity index (χ1) is 34.8. The molecule has 0 fully saturated rings. The molecule has 328 valence electrons. The third-order valence-electron chi connectivity index (χ3n) is 14.2. The summed E-state index contributed by atoms with van der Waals surface area (Å²) in [5.74, 6) is 0. The fourth-order valence-corrected chi connectivity index (χ4v) is 11.2. The molecule has 0 unspecified atom stereocenters. The van der Waals surface area contributed by atoms with E-state index in [1.54, 1.807) is 0 Å². The average molecular weight is 893 g/mol. The Bertz CT molecular complexity index is 4030. The van der Waals surface area contributed by atoms with Crippen LogP contribution in [0.1, 0.15) is 0 Å². The lowest BCUT2D eigenvalue weighted by Crippen LogP contribution is -2.13. The smallest absolute Gasteiger partial charge is 0.0542 e. The van der Waals surface area contributed by atoms with Gasteiger partial charge in [-0.3, -0.25) is 0 Å². The SMILES string of the molecule is c1ccc(-n2c3ccccc3c3cc(N(c4cccc5ccccc45)c4cccc5c(N(c6ccc7c(c6)c6ccccc6n7-c6ccccc6)c6cccc7ccccc67)cccc45)ccc32)cc1. The highest BCUT2D eigenvalue weighted by Gasteiger charge is 2.24. The minimum Gasteiger partial charge on any atom is -0.309 e. The zero-order valence-corrected chi connectivity index (χ0v) is 38.2. The van der Waals surface area contributed by atoms with Gasteiger partial charge in [0.05, 0.1) is 44.8 Å². The van der Waals surface area contributed by atoms with Crippen LogP contribution in [-0.4, -0.2) is 9.13 Å². The summed E-state index contributed by atoms with van der Waals surface area (Å²) in [5.41, 5.74) is 13.6. The highest BCUT2D eigenvalue weighted by molar-refractivity contribution is 6.15. The third kappa shape index (κ3) is 6.24. The van der Waals surface area contributed by atoms with Crippen LogP contribution in [0.3, 0.4) is 0 Å². The van der Waals surface area contributed by atoms with Crippen LogP contribution in [0.5, 0.6) is 0 Å². The summed E-state index contributed by atoms with van der Waals surface area (Å²) < 4.78 is 4.78. The summed E-state index contributed by atoms with van der Waals surface area (Å²) in [7, 11) is 0. The highest BCUT2D eigenvalue weighted by Crippen LogP contribution is 2.49. The summed E-state index contributed by atoms with van der Waals surface area (Å²) in [6, 6.07) is 97.4. The van der Waals surface area contributed by atoms with Crippen LogP contribution < -0.4 is 9.80 Å². The summed E-state index contributed by atoms with van der Waals surface area (Å²) in [5, 5.41) is 11.9. The van der Waals surface area contributed by atoms with E-state index in [4.69, 9.17) is 0 Å². The monoisotopic (exact) mass is 892 g/mol. The molecule has 70 heavy (non-hydrogen) atoms. The lowest BCUT2D eigenvalue weighted by Gasteiger charge is -2.31. The standard InChI is InChI=1S/C66H44N4/c1-3-23-47(24-4-1)67-61-33-13-11-29-55(61)57-43-49(39-41-65(57)67)69(59-35-15-21-45-19-7-9-27-51(45)59)63-37-17-32-54-53(63)31-18-38-64(54)70(60-36-16-22-46-20-8-10-28-52(46)60)50-40-42-66-58(44-50)56-30-12-14-34-62(56)68(66)48-25-5-2-6-26-48/h1-44H. The molecule has 4 nitrogen and oxygen atoms in total. The molecule has 0 aliphatic heterocycles. The van der Waals surface area contributed by atoms with Gasteiger partial charge in [0, 0.05) is 65.8 Å². The Labute approximate surface area is 405 Å². The normalized spacial score (nSPS) is 11.7. The molecule has 0 spiro atoms. The van der Waals surface area contributed by atoms with Gasteiger partial charge in [-0.2, -0.15) is 0 Å². The summed E-state index contributed by atoms with van der Waals surface area (Å²) >= 11 is 0. The Balaban J connectivity index is 1.02. The van der Waals surface area contributed by atoms with Gasteiger partial charge in [-0.25, -0.2) is 0 Å². The quantitative estimate of drug-likeness (QED) is 0.151. The fraction of sp³-hybridized carbons (Fsp3) is 0. The fourth-order valence-electron chi connectivity index (χ4n) is 11.2. The Morgan fingerprint density at radius 3 is 0.971 bits per heavy atom. The van der Waals surface area contributed by atoms with Crippen molar-refractivity contribution >= 4 is 110 Å². The van der Waals surface area contributed by atoms with Crippen LogP contribution in [0.2, 0.25) is 0 Å². The van der Waals surface area contributed by atoms with Crippen molar-refractivity contribution in [2.24, 2.45) is 0 Å². The molecule has 2 heterocycles. The number of hydrogen-bond donors (Lipinski definition) is 0. The molecular formula is C66H44N4. The van der Waals surface area contributed by atoms with Crippen molar-refractivity contribution in [1.82, 2.24) is 9.13 Å². The molecule has 0 aliphatic carbocycles. The van der Waals surface area contributed by atoms with E-state index in [0.29, 0.717) is 0 Å². The second-order valence-electron chi connectivity index (χ2n) is 18.1. The molecule has 0 aliphatic rings. The average Bonchev–Trinajstić information content (AvgIpc) is 3.94. The molecule has 0 amide bonds. The highest BCUT2D eigenvalue weighted by atomic mass is 15.2. The molecule has 0 atom stereocenters. The van der Waals surface area contributed by atoms with Gasteiger partial charge in [0.15, 0.2) is 0 Å². The van der Waals surface area contributed by atoms with Crippen molar-refractivity contribution in [2.45, 2.75) is 0 Å². The van der Waals surface area contributed by atoms with Crippen molar-refractivity contribution in [2.75, 3.05) is 9.80 Å². The number of fused-ring (bicyclic) bond motifs is 9. The second-order valence-corrected chi connectivity index (χ2v) is 18.1. The van der Waals surface area contributed by atoms with Gasteiger partial charge in [-0.05, 0) is 108 Å². The summed E-state index contributed by atoms with van der Waals surface area (Å²) in [4.78, 5) is 4.96. The van der Waals surface area contributed by atoms with Gasteiger partial charge in [0.2, 0.25) is 0 Å². The molecule has 4 heteroatoms. The van der Waals surface area contributed by atoms with Gasteiger partial charge in [-0.1, -0.05) is 170 Å². The van der Waals surface area contributed by atoms with E-state index in [9.17, 15) is 0 Å². The minimum atomic E-state index is 1.09. The van der Waals surface area contributed by atoms with Crippen molar-refractivity contribution in [3.05, 3.63) is 267 Å². The number of aromatic nitrogens is 2. The zero-order valence-electron chi connectivity index (χ0n) is 38.2. The number of anilines is 6. The lowest BCUT2D eigenvalue weighted by molar-refractivity contribution is 1.18. The molecule has 14 aromatic rings. The number of nitrogens with zero attached hydrogens (tertiary/aromatic N) is 4. The van der Waals surface area contributed by atoms with Crippen LogP contribution in [-0.2, 0) is 0 Å². The summed E-state index contributed by atoms with van der Waals surface area (Å²) in [6.45, 7) is 0. The van der Waals surface area contributed by atoms with Crippen molar-refractivity contribution in [1.29, 1.82) is 0 Å². The molecule has 14 rings (SSSR count). The predicted molar refractivity (Wildman–Crippen MR) is 297 cm³/mol. The van der Waals surface area contributed by atoms with Gasteiger partial charge >= 0.3 is 0 Å². The van der Waals surface area contributed by atoms with Crippen LogP contribution in [0, 0.1) is 0 Å². The van der Waals surface area contributed by atoms with Crippen LogP contribution in [0.25, 0.3) is 87.3 Å². The lowest BCUT2D eigenvalue weighted by atomic mass is 10.0. The topological polar surface area (TPSA) is 16.3 Å². The molecule has 0 N–H and O–H groups in total. The van der Waals surface area contributed by atoms with E-state index in [2.05, 4.69) is 286 Å². The first kappa shape index (κ1) is 39.8. The second kappa shape index (κ2) is 16.2. The third-order valence-corrected chi connectivity index (χ3v) is 14.2. The van der Waals surface area contributed by atoms with Crippen molar-refractivity contribution < 1.29 is 0 Å². The molecular weight excluding hydrogens is 849 g/mol. The van der Waals surface area contributed by atoms with E-state index in [0.717, 1.165) is 56.3 Å². The van der Waals surface area contributed by atoms with Crippen LogP contribution in [0.4, 0.5) is 34.1 Å². The first-order valence-corrected chi connectivity index (χ1v) is 24.0. The number of para-hydroxylation sites is 4. The zero-order chi connectivity index (χ0) is 46.1. The Kier molecular flexibility index (Phi) is 9.17. The van der Waals surface area contributed by atoms with Crippen LogP contribution >= 0.6 is 0 Å². The van der Waals surface area contributed by atoms with Gasteiger partial charge in [0.1, 0.15) is 0 Å². The van der Waals surface area contributed by atoms with Gasteiger partial charge in [0.25, 0.3) is 0 Å². The largest absolute Gasteiger partial charge is 0.309 e. The minimum absolute atomic E-state index is 1.09. The predicted octanol–water partition coefficient (Wildman–Crippen LogP) is 18.3. The first-order valence-electron chi connectivity index (χ1n) is 24.0. The maximum atomic E-state index is 2.48. The molecule has 0 bridgehead atoms. The number of rotatable bonds is 8.